The van der Waals surface area contributed by atoms with E-state index in [1.54, 1.807) is 6.07 Å². The highest BCUT2D eigenvalue weighted by molar-refractivity contribution is 7.89. The third-order valence-electron chi connectivity index (χ3n) is 2.52. The first-order chi connectivity index (χ1) is 8.99. The molecule has 0 saturated carbocycles. The second-order valence-electron chi connectivity index (χ2n) is 3.87. The fourth-order valence-electron chi connectivity index (χ4n) is 1.53. The van der Waals surface area contributed by atoms with Gasteiger partial charge in [-0.25, -0.2) is 21.9 Å². The Bertz CT molecular complexity index is 687. The molecule has 0 aromatic heterocycles. The molecule has 0 amide bonds. The third kappa shape index (κ3) is 3.36. The maximum absolute atomic E-state index is 13.3. The van der Waals surface area contributed by atoms with Crippen molar-refractivity contribution < 1.29 is 17.2 Å². The zero-order valence-electron chi connectivity index (χ0n) is 9.81. The average Bonchev–Trinajstić information content (AvgIpc) is 2.38. The molecule has 0 spiro atoms. The number of rotatable bonds is 4. The molecular formula is C13H11F2NO2S. The quantitative estimate of drug-likeness (QED) is 0.936. The van der Waals surface area contributed by atoms with Crippen LogP contribution < -0.4 is 4.72 Å². The smallest absolute Gasteiger partial charge is 0.207 e. The van der Waals surface area contributed by atoms with Gasteiger partial charge in [-0.05, 0) is 24.3 Å². The SMILES string of the molecule is O=S(=O)(NCc1ccccc1F)c1cccc(F)c1. The first kappa shape index (κ1) is 13.6. The van der Waals surface area contributed by atoms with Crippen LogP contribution in [0.5, 0.6) is 0 Å². The van der Waals surface area contributed by atoms with E-state index in [0.29, 0.717) is 0 Å². The average molecular weight is 283 g/mol. The van der Waals surface area contributed by atoms with Gasteiger partial charge in [0, 0.05) is 12.1 Å². The lowest BCUT2D eigenvalue weighted by molar-refractivity contribution is 0.571. The number of benzene rings is 2. The minimum absolute atomic E-state index is 0.189. The van der Waals surface area contributed by atoms with Gasteiger partial charge in [0.2, 0.25) is 10.0 Å². The highest BCUT2D eigenvalue weighted by atomic mass is 32.2. The van der Waals surface area contributed by atoms with Crippen molar-refractivity contribution in [3.63, 3.8) is 0 Å². The Labute approximate surface area is 109 Å². The molecule has 0 saturated heterocycles. The lowest BCUT2D eigenvalue weighted by Crippen LogP contribution is -2.23. The highest BCUT2D eigenvalue weighted by Gasteiger charge is 2.15. The van der Waals surface area contributed by atoms with E-state index in [4.69, 9.17) is 0 Å². The van der Waals surface area contributed by atoms with E-state index in [1.165, 1.54) is 30.3 Å². The van der Waals surface area contributed by atoms with Gasteiger partial charge in [0.1, 0.15) is 11.6 Å². The van der Waals surface area contributed by atoms with E-state index in [9.17, 15) is 17.2 Å². The topological polar surface area (TPSA) is 46.2 Å². The van der Waals surface area contributed by atoms with E-state index in [0.717, 1.165) is 12.1 Å². The van der Waals surface area contributed by atoms with Crippen molar-refractivity contribution in [2.45, 2.75) is 11.4 Å². The molecule has 100 valence electrons. The van der Waals surface area contributed by atoms with Crippen molar-refractivity contribution in [3.8, 4) is 0 Å². The molecule has 0 bridgehead atoms. The maximum atomic E-state index is 13.3. The molecule has 19 heavy (non-hydrogen) atoms. The molecule has 0 heterocycles. The van der Waals surface area contributed by atoms with Crippen LogP contribution in [0.15, 0.2) is 53.4 Å². The summed E-state index contributed by atoms with van der Waals surface area (Å²) in [5, 5.41) is 0. The van der Waals surface area contributed by atoms with Gasteiger partial charge < -0.3 is 0 Å². The molecule has 6 heteroatoms. The number of hydrogen-bond donors (Lipinski definition) is 1. The van der Waals surface area contributed by atoms with Gasteiger partial charge in [0.25, 0.3) is 0 Å². The summed E-state index contributed by atoms with van der Waals surface area (Å²) in [5.74, 6) is -1.14. The fraction of sp³-hybridized carbons (Fsp3) is 0.0769. The van der Waals surface area contributed by atoms with E-state index >= 15 is 0 Å². The van der Waals surface area contributed by atoms with Crippen LogP contribution in [0.3, 0.4) is 0 Å². The summed E-state index contributed by atoms with van der Waals surface area (Å²) < 4.78 is 52.3. The van der Waals surface area contributed by atoms with Gasteiger partial charge in [0.05, 0.1) is 4.90 Å². The molecular weight excluding hydrogens is 272 g/mol. The zero-order chi connectivity index (χ0) is 13.9. The Morgan fingerprint density at radius 1 is 1.00 bits per heavy atom. The molecule has 2 rings (SSSR count). The molecule has 0 aliphatic rings. The molecule has 0 fully saturated rings. The van der Waals surface area contributed by atoms with Crippen LogP contribution in [-0.4, -0.2) is 8.42 Å². The van der Waals surface area contributed by atoms with Crippen LogP contribution in [0.2, 0.25) is 0 Å². The summed E-state index contributed by atoms with van der Waals surface area (Å²) in [6, 6.07) is 10.5. The van der Waals surface area contributed by atoms with Crippen molar-refractivity contribution in [3.05, 3.63) is 65.7 Å². The lowest BCUT2D eigenvalue weighted by Gasteiger charge is -2.07. The zero-order valence-corrected chi connectivity index (χ0v) is 10.6. The van der Waals surface area contributed by atoms with Gasteiger partial charge in [-0.2, -0.15) is 0 Å². The molecule has 2 aromatic carbocycles. The number of halogens is 2. The third-order valence-corrected chi connectivity index (χ3v) is 3.92. The summed E-state index contributed by atoms with van der Waals surface area (Å²) >= 11 is 0. The predicted octanol–water partition coefficient (Wildman–Crippen LogP) is 2.44. The Balaban J connectivity index is 2.17. The number of sulfonamides is 1. The molecule has 0 atom stereocenters. The van der Waals surface area contributed by atoms with Crippen molar-refractivity contribution in [2.24, 2.45) is 0 Å². The number of hydrogen-bond acceptors (Lipinski definition) is 2. The first-order valence-electron chi connectivity index (χ1n) is 5.48. The van der Waals surface area contributed by atoms with Gasteiger partial charge in [-0.1, -0.05) is 24.3 Å². The van der Waals surface area contributed by atoms with Gasteiger partial charge >= 0.3 is 0 Å². The summed E-state index contributed by atoms with van der Waals surface area (Å²) in [4.78, 5) is -0.191. The second kappa shape index (κ2) is 5.46. The van der Waals surface area contributed by atoms with Gasteiger partial charge in [0.15, 0.2) is 0 Å². The van der Waals surface area contributed by atoms with Crippen LogP contribution in [0.4, 0.5) is 8.78 Å². The van der Waals surface area contributed by atoms with E-state index < -0.39 is 21.7 Å². The normalized spacial score (nSPS) is 11.5. The standard InChI is InChI=1S/C13H11F2NO2S/c14-11-5-3-6-12(8-11)19(17,18)16-9-10-4-1-2-7-13(10)15/h1-8,16H,9H2. The summed E-state index contributed by atoms with van der Waals surface area (Å²) in [6.07, 6.45) is 0. The Morgan fingerprint density at radius 2 is 1.74 bits per heavy atom. The number of nitrogens with one attached hydrogen (secondary N) is 1. The second-order valence-corrected chi connectivity index (χ2v) is 5.64. The van der Waals surface area contributed by atoms with Crippen LogP contribution in [0, 0.1) is 11.6 Å². The summed E-state index contributed by atoms with van der Waals surface area (Å²) in [7, 11) is -3.85. The Morgan fingerprint density at radius 3 is 2.42 bits per heavy atom. The highest BCUT2D eigenvalue weighted by Crippen LogP contribution is 2.12. The predicted molar refractivity (Wildman–Crippen MR) is 66.8 cm³/mol. The van der Waals surface area contributed by atoms with Crippen molar-refractivity contribution in [1.29, 1.82) is 0 Å². The van der Waals surface area contributed by atoms with Crippen LogP contribution in [-0.2, 0) is 16.6 Å². The molecule has 2 aromatic rings. The Hall–Kier alpha value is -1.79. The Kier molecular flexibility index (Phi) is 3.92. The minimum Gasteiger partial charge on any atom is -0.207 e. The molecule has 3 nitrogen and oxygen atoms in total. The van der Waals surface area contributed by atoms with Crippen LogP contribution >= 0.6 is 0 Å². The maximum Gasteiger partial charge on any atom is 0.240 e. The monoisotopic (exact) mass is 283 g/mol. The van der Waals surface area contributed by atoms with E-state index in [-0.39, 0.29) is 17.0 Å². The first-order valence-corrected chi connectivity index (χ1v) is 6.96. The van der Waals surface area contributed by atoms with Crippen molar-refractivity contribution >= 4 is 10.0 Å². The van der Waals surface area contributed by atoms with Gasteiger partial charge in [-0.3, -0.25) is 0 Å². The van der Waals surface area contributed by atoms with Gasteiger partial charge in [-0.15, -0.1) is 0 Å². The van der Waals surface area contributed by atoms with Crippen molar-refractivity contribution in [1.82, 2.24) is 4.72 Å². The molecule has 0 aliphatic heterocycles. The molecule has 0 radical (unpaired) electrons. The molecule has 0 unspecified atom stereocenters. The summed E-state index contributed by atoms with van der Waals surface area (Å²) in [6.45, 7) is -0.189. The minimum atomic E-state index is -3.85. The summed E-state index contributed by atoms with van der Waals surface area (Å²) in [5.41, 5.74) is 0.225. The molecule has 0 aliphatic carbocycles. The lowest BCUT2D eigenvalue weighted by atomic mass is 10.2. The molecule has 1 N–H and O–H groups in total. The van der Waals surface area contributed by atoms with Crippen molar-refractivity contribution in [2.75, 3.05) is 0 Å². The van der Waals surface area contributed by atoms with Crippen LogP contribution in [0.1, 0.15) is 5.56 Å². The van der Waals surface area contributed by atoms with E-state index in [2.05, 4.69) is 4.72 Å². The van der Waals surface area contributed by atoms with E-state index in [1.807, 2.05) is 0 Å². The fourth-order valence-corrected chi connectivity index (χ4v) is 2.57. The van der Waals surface area contributed by atoms with Crippen LogP contribution in [0.25, 0.3) is 0 Å². The largest absolute Gasteiger partial charge is 0.240 e.